The van der Waals surface area contributed by atoms with Gasteiger partial charge in [-0.2, -0.15) is 0 Å². The molecule has 0 spiro atoms. The fraction of sp³-hybridized carbons (Fsp3) is 0.0588. The van der Waals surface area contributed by atoms with E-state index in [2.05, 4.69) is 4.98 Å². The van der Waals surface area contributed by atoms with Crippen LogP contribution in [0.15, 0.2) is 70.4 Å². The van der Waals surface area contributed by atoms with E-state index >= 15 is 0 Å². The quantitative estimate of drug-likeness (QED) is 0.749. The minimum absolute atomic E-state index is 0.203. The first-order valence-corrected chi connectivity index (χ1v) is 7.30. The minimum Gasteiger partial charge on any atom is -0.489 e. The van der Waals surface area contributed by atoms with Gasteiger partial charge in [-0.15, -0.1) is 0 Å². The van der Waals surface area contributed by atoms with Crippen molar-refractivity contribution in [3.63, 3.8) is 0 Å². The van der Waals surface area contributed by atoms with Gasteiger partial charge in [0.05, 0.1) is 0 Å². The maximum atomic E-state index is 12.2. The van der Waals surface area contributed by atoms with Crippen LogP contribution in [0.5, 0.6) is 5.75 Å². The van der Waals surface area contributed by atoms with Crippen LogP contribution in [-0.2, 0) is 6.61 Å². The van der Waals surface area contributed by atoms with E-state index in [4.69, 9.17) is 16.3 Å². The second-order valence-electron chi connectivity index (χ2n) is 4.87. The molecule has 3 aromatic rings. The first-order chi connectivity index (χ1) is 11.1. The van der Waals surface area contributed by atoms with Crippen LogP contribution in [0.2, 0.25) is 5.15 Å². The third-order valence-corrected chi connectivity index (χ3v) is 3.47. The number of nitrogens with zero attached hydrogens (tertiary/aromatic N) is 1. The molecule has 116 valence electrons. The van der Waals surface area contributed by atoms with Gasteiger partial charge in [-0.1, -0.05) is 41.9 Å². The number of hydrogen-bond donors (Lipinski definition) is 1. The van der Waals surface area contributed by atoms with Crippen LogP contribution in [-0.4, -0.2) is 9.55 Å². The Morgan fingerprint density at radius 1 is 1.04 bits per heavy atom. The molecule has 0 amide bonds. The number of H-pyrrole nitrogens is 1. The summed E-state index contributed by atoms with van der Waals surface area (Å²) < 4.78 is 6.83. The summed E-state index contributed by atoms with van der Waals surface area (Å²) in [6.45, 7) is 0.367. The van der Waals surface area contributed by atoms with E-state index in [1.807, 2.05) is 30.3 Å². The highest BCUT2D eigenvalue weighted by molar-refractivity contribution is 6.29. The molecule has 1 N–H and O–H groups in total. The van der Waals surface area contributed by atoms with Gasteiger partial charge in [0.25, 0.3) is 11.1 Å². The summed E-state index contributed by atoms with van der Waals surface area (Å²) in [4.78, 5) is 26.5. The van der Waals surface area contributed by atoms with E-state index in [-0.39, 0.29) is 16.4 Å². The molecule has 0 radical (unpaired) electrons. The number of halogens is 1. The molecular formula is C17H13ClN2O3. The van der Waals surface area contributed by atoms with Gasteiger partial charge in [-0.3, -0.25) is 14.2 Å². The zero-order valence-corrected chi connectivity index (χ0v) is 12.8. The smallest absolute Gasteiger partial charge is 0.273 e. The Hall–Kier alpha value is -2.79. The summed E-state index contributed by atoms with van der Waals surface area (Å²) in [6, 6.07) is 15.6. The van der Waals surface area contributed by atoms with E-state index < -0.39 is 5.56 Å². The molecule has 6 heteroatoms. The third kappa shape index (κ3) is 3.52. The van der Waals surface area contributed by atoms with E-state index in [0.717, 1.165) is 5.56 Å². The van der Waals surface area contributed by atoms with Gasteiger partial charge in [-0.25, -0.2) is 0 Å². The Labute approximate surface area is 136 Å². The van der Waals surface area contributed by atoms with Gasteiger partial charge in [0, 0.05) is 12.3 Å². The highest BCUT2D eigenvalue weighted by Gasteiger charge is 2.06. The number of aromatic nitrogens is 2. The zero-order valence-electron chi connectivity index (χ0n) is 12.0. The van der Waals surface area contributed by atoms with Gasteiger partial charge < -0.3 is 9.72 Å². The molecule has 0 aliphatic rings. The van der Waals surface area contributed by atoms with Gasteiger partial charge in [-0.05, 0) is 23.8 Å². The van der Waals surface area contributed by atoms with E-state index in [0.29, 0.717) is 12.4 Å². The molecule has 23 heavy (non-hydrogen) atoms. The molecule has 0 aliphatic carbocycles. The fourth-order valence-corrected chi connectivity index (χ4v) is 2.27. The molecule has 3 rings (SSSR count). The molecule has 0 saturated heterocycles. The Morgan fingerprint density at radius 2 is 1.83 bits per heavy atom. The molecule has 0 fully saturated rings. The second kappa shape index (κ2) is 6.54. The predicted octanol–water partition coefficient (Wildman–Crippen LogP) is 2.76. The summed E-state index contributed by atoms with van der Waals surface area (Å²) in [5.74, 6) is 0.445. The predicted molar refractivity (Wildman–Crippen MR) is 88.4 cm³/mol. The van der Waals surface area contributed by atoms with E-state index in [9.17, 15) is 9.59 Å². The Morgan fingerprint density at radius 3 is 2.52 bits per heavy atom. The molecule has 0 saturated carbocycles. The number of benzene rings is 1. The van der Waals surface area contributed by atoms with Crippen molar-refractivity contribution >= 4 is 11.6 Å². The lowest BCUT2D eigenvalue weighted by Gasteiger charge is -2.08. The van der Waals surface area contributed by atoms with Crippen LogP contribution in [0, 0.1) is 0 Å². The van der Waals surface area contributed by atoms with Gasteiger partial charge in [0.15, 0.2) is 0 Å². The van der Waals surface area contributed by atoms with Crippen molar-refractivity contribution < 1.29 is 4.74 Å². The van der Waals surface area contributed by atoms with Crippen LogP contribution in [0.3, 0.4) is 0 Å². The van der Waals surface area contributed by atoms with Gasteiger partial charge >= 0.3 is 0 Å². The van der Waals surface area contributed by atoms with Crippen LogP contribution >= 0.6 is 11.6 Å². The molecule has 1 aromatic carbocycles. The molecule has 5 nitrogen and oxygen atoms in total. The highest BCUT2D eigenvalue weighted by Crippen LogP contribution is 2.11. The molecule has 0 atom stereocenters. The van der Waals surface area contributed by atoms with Crippen molar-refractivity contribution in [2.75, 3.05) is 0 Å². The lowest BCUT2D eigenvalue weighted by molar-refractivity contribution is 0.305. The van der Waals surface area contributed by atoms with Crippen molar-refractivity contribution in [1.82, 2.24) is 9.55 Å². The number of pyridine rings is 2. The maximum Gasteiger partial charge on any atom is 0.273 e. The van der Waals surface area contributed by atoms with Gasteiger partial charge in [0.1, 0.15) is 23.2 Å². The van der Waals surface area contributed by atoms with E-state index in [1.165, 1.54) is 29.0 Å². The normalized spacial score (nSPS) is 10.5. The van der Waals surface area contributed by atoms with Crippen LogP contribution in [0.25, 0.3) is 5.69 Å². The molecule has 2 heterocycles. The van der Waals surface area contributed by atoms with Crippen LogP contribution in [0.1, 0.15) is 5.56 Å². The molecule has 0 aliphatic heterocycles. The minimum atomic E-state index is -0.433. The number of hydrogen-bond acceptors (Lipinski definition) is 3. The first-order valence-electron chi connectivity index (χ1n) is 6.92. The van der Waals surface area contributed by atoms with E-state index in [1.54, 1.807) is 6.07 Å². The average Bonchev–Trinajstić information content (AvgIpc) is 2.55. The molecule has 0 unspecified atom stereocenters. The third-order valence-electron chi connectivity index (χ3n) is 3.25. The largest absolute Gasteiger partial charge is 0.489 e. The lowest BCUT2D eigenvalue weighted by Crippen LogP contribution is -2.23. The van der Waals surface area contributed by atoms with Crippen molar-refractivity contribution in [3.8, 4) is 11.4 Å². The maximum absolute atomic E-state index is 12.2. The number of aromatic amines is 1. The second-order valence-corrected chi connectivity index (χ2v) is 5.27. The standard InChI is InChI=1S/C17H13ClN2O3/c18-15-7-6-14(17(22)19-15)20-9-8-13(10-16(20)21)23-11-12-4-2-1-3-5-12/h1-10H,11H2,(H,19,22). The summed E-state index contributed by atoms with van der Waals surface area (Å²) in [7, 11) is 0. The lowest BCUT2D eigenvalue weighted by atomic mass is 10.2. The van der Waals surface area contributed by atoms with Crippen LogP contribution in [0.4, 0.5) is 0 Å². The van der Waals surface area contributed by atoms with Crippen molar-refractivity contribution in [3.05, 3.63) is 92.2 Å². The molecule has 0 bridgehead atoms. The van der Waals surface area contributed by atoms with Crippen molar-refractivity contribution in [2.24, 2.45) is 0 Å². The molecule has 2 aromatic heterocycles. The fourth-order valence-electron chi connectivity index (χ4n) is 2.12. The number of rotatable bonds is 4. The number of ether oxygens (including phenoxy) is 1. The Kier molecular flexibility index (Phi) is 4.30. The summed E-state index contributed by atoms with van der Waals surface area (Å²) >= 11 is 5.71. The number of nitrogens with one attached hydrogen (secondary N) is 1. The monoisotopic (exact) mass is 328 g/mol. The Balaban J connectivity index is 1.83. The van der Waals surface area contributed by atoms with Crippen molar-refractivity contribution in [2.45, 2.75) is 6.61 Å². The van der Waals surface area contributed by atoms with Gasteiger partial charge in [0.2, 0.25) is 0 Å². The van der Waals surface area contributed by atoms with Crippen LogP contribution < -0.4 is 15.9 Å². The first kappa shape index (κ1) is 15.1. The van der Waals surface area contributed by atoms with Crippen molar-refractivity contribution in [1.29, 1.82) is 0 Å². The highest BCUT2D eigenvalue weighted by atomic mass is 35.5. The summed E-state index contributed by atoms with van der Waals surface area (Å²) in [5, 5.41) is 0.217. The average molecular weight is 329 g/mol. The Bertz CT molecular complexity index is 932. The molecular weight excluding hydrogens is 316 g/mol. The summed E-state index contributed by atoms with van der Waals surface area (Å²) in [5.41, 5.74) is 0.417. The topological polar surface area (TPSA) is 64.1 Å². The SMILES string of the molecule is O=c1[nH]c(Cl)ccc1-n1ccc(OCc2ccccc2)cc1=O. The summed E-state index contributed by atoms with van der Waals surface area (Å²) in [6.07, 6.45) is 1.50. The zero-order chi connectivity index (χ0) is 16.2.